The van der Waals surface area contributed by atoms with Gasteiger partial charge >= 0.3 is 6.09 Å². The van der Waals surface area contributed by atoms with Crippen molar-refractivity contribution in [2.45, 2.75) is 59.9 Å². The second-order valence-electron chi connectivity index (χ2n) is 5.49. The van der Waals surface area contributed by atoms with Crippen LogP contribution in [0.2, 0.25) is 0 Å². The fourth-order valence-corrected chi connectivity index (χ4v) is 2.46. The van der Waals surface area contributed by atoms with Crippen LogP contribution in [0.4, 0.5) is 4.79 Å². The molecule has 1 aromatic heterocycles. The zero-order chi connectivity index (χ0) is 16.2. The number of amides is 1. The first-order valence-electron chi connectivity index (χ1n) is 7.14. The first kappa shape index (κ1) is 18.0. The molecule has 0 aromatic carbocycles. The predicted octanol–water partition coefficient (Wildman–Crippen LogP) is 2.91. The summed E-state index contributed by atoms with van der Waals surface area (Å²) in [6, 6.07) is 0. The first-order valence-corrected chi connectivity index (χ1v) is 7.94. The maximum atomic E-state index is 12.0. The molecule has 120 valence electrons. The Kier molecular flexibility index (Phi) is 6.22. The number of aliphatic hydroxyl groups excluding tert-OH is 1. The maximum absolute atomic E-state index is 12.0. The third kappa shape index (κ3) is 4.44. The lowest BCUT2D eigenvalue weighted by Gasteiger charge is -2.30. The molecule has 0 bridgehead atoms. The van der Waals surface area contributed by atoms with Gasteiger partial charge in [-0.05, 0) is 36.7 Å². The van der Waals surface area contributed by atoms with Gasteiger partial charge in [0.1, 0.15) is 11.3 Å². The number of aliphatic hydroxyl groups is 1. The van der Waals surface area contributed by atoms with E-state index in [0.717, 1.165) is 10.2 Å². The normalized spacial score (nSPS) is 14.1. The summed E-state index contributed by atoms with van der Waals surface area (Å²) < 4.78 is 7.94. The maximum Gasteiger partial charge on any atom is 0.410 e. The van der Waals surface area contributed by atoms with Crippen LogP contribution in [0.3, 0.4) is 0 Å². The topological polar surface area (TPSA) is 67.6 Å². The first-order chi connectivity index (χ1) is 9.81. The summed E-state index contributed by atoms with van der Waals surface area (Å²) in [7, 11) is 0. The predicted molar refractivity (Wildman–Crippen MR) is 83.8 cm³/mol. The lowest BCUT2D eigenvalue weighted by atomic mass is 10.2. The Labute approximate surface area is 134 Å². The number of fused-ring (bicyclic) bond motifs is 1. The molecule has 1 N–H and O–H groups in total. The number of rotatable bonds is 1. The van der Waals surface area contributed by atoms with E-state index in [0.29, 0.717) is 25.3 Å². The van der Waals surface area contributed by atoms with Crippen LogP contribution in [-0.4, -0.2) is 38.0 Å². The summed E-state index contributed by atoms with van der Waals surface area (Å²) >= 11 is 3.41. The van der Waals surface area contributed by atoms with Gasteiger partial charge < -0.3 is 14.7 Å². The molecule has 2 rings (SSSR count). The van der Waals surface area contributed by atoms with Crippen LogP contribution in [0, 0.1) is 0 Å². The SMILES string of the molecule is CC.CC(C)(C)OC(=O)N1CCn2nc(CO)c(Br)c2C1. The minimum atomic E-state index is -0.498. The van der Waals surface area contributed by atoms with Crippen molar-refractivity contribution in [2.24, 2.45) is 0 Å². The van der Waals surface area contributed by atoms with Gasteiger partial charge in [-0.1, -0.05) is 13.8 Å². The summed E-state index contributed by atoms with van der Waals surface area (Å²) in [5.74, 6) is 0. The van der Waals surface area contributed by atoms with Crippen LogP contribution in [0.5, 0.6) is 0 Å². The van der Waals surface area contributed by atoms with Crippen LogP contribution in [0.1, 0.15) is 46.0 Å². The van der Waals surface area contributed by atoms with Crippen LogP contribution in [-0.2, 0) is 24.4 Å². The van der Waals surface area contributed by atoms with Gasteiger partial charge in [-0.25, -0.2) is 4.79 Å². The summed E-state index contributed by atoms with van der Waals surface area (Å²) in [5.41, 5.74) is 0.990. The van der Waals surface area contributed by atoms with Crippen molar-refractivity contribution in [1.29, 1.82) is 0 Å². The monoisotopic (exact) mass is 361 g/mol. The van der Waals surface area contributed by atoms with E-state index < -0.39 is 5.60 Å². The Bertz CT molecular complexity index is 494. The molecule has 0 spiro atoms. The molecule has 0 radical (unpaired) electrons. The molecule has 0 atom stereocenters. The average molecular weight is 362 g/mol. The van der Waals surface area contributed by atoms with E-state index in [1.54, 1.807) is 4.90 Å². The zero-order valence-corrected chi connectivity index (χ0v) is 14.9. The summed E-state index contributed by atoms with van der Waals surface area (Å²) in [6.45, 7) is 11.0. The van der Waals surface area contributed by atoms with Crippen molar-refractivity contribution in [3.63, 3.8) is 0 Å². The summed E-state index contributed by atoms with van der Waals surface area (Å²) in [4.78, 5) is 13.7. The lowest BCUT2D eigenvalue weighted by Crippen LogP contribution is -2.41. The number of halogens is 1. The Morgan fingerprint density at radius 2 is 2.00 bits per heavy atom. The van der Waals surface area contributed by atoms with E-state index >= 15 is 0 Å². The van der Waals surface area contributed by atoms with Gasteiger partial charge in [0.2, 0.25) is 0 Å². The number of hydrogen-bond acceptors (Lipinski definition) is 4. The van der Waals surface area contributed by atoms with Crippen molar-refractivity contribution in [1.82, 2.24) is 14.7 Å². The van der Waals surface area contributed by atoms with Crippen LogP contribution < -0.4 is 0 Å². The third-order valence-electron chi connectivity index (χ3n) is 2.78. The molecule has 6 nitrogen and oxygen atoms in total. The number of carbonyl (C=O) groups is 1. The second-order valence-corrected chi connectivity index (χ2v) is 6.28. The van der Waals surface area contributed by atoms with Crippen molar-refractivity contribution in [3.05, 3.63) is 15.9 Å². The molecule has 1 aliphatic rings. The Morgan fingerprint density at radius 1 is 1.38 bits per heavy atom. The molecule has 0 aliphatic carbocycles. The Hall–Kier alpha value is -1.08. The van der Waals surface area contributed by atoms with Gasteiger partial charge in [0, 0.05) is 6.54 Å². The minimum Gasteiger partial charge on any atom is -0.444 e. The third-order valence-corrected chi connectivity index (χ3v) is 3.70. The molecule has 21 heavy (non-hydrogen) atoms. The van der Waals surface area contributed by atoms with Gasteiger partial charge in [-0.2, -0.15) is 5.10 Å². The minimum absolute atomic E-state index is 0.118. The average Bonchev–Trinajstić information content (AvgIpc) is 2.75. The number of hydrogen-bond donors (Lipinski definition) is 1. The van der Waals surface area contributed by atoms with Crippen LogP contribution in [0.25, 0.3) is 0 Å². The van der Waals surface area contributed by atoms with Gasteiger partial charge in [-0.3, -0.25) is 4.68 Å². The molecule has 0 saturated carbocycles. The largest absolute Gasteiger partial charge is 0.444 e. The van der Waals surface area contributed by atoms with Crippen molar-refractivity contribution >= 4 is 22.0 Å². The molecule has 1 amide bonds. The lowest BCUT2D eigenvalue weighted by molar-refractivity contribution is 0.0193. The van der Waals surface area contributed by atoms with Crippen molar-refractivity contribution in [2.75, 3.05) is 6.54 Å². The highest BCUT2D eigenvalue weighted by Gasteiger charge is 2.28. The highest BCUT2D eigenvalue weighted by Crippen LogP contribution is 2.26. The Balaban J connectivity index is 0.00000106. The van der Waals surface area contributed by atoms with E-state index in [-0.39, 0.29) is 12.7 Å². The molecule has 7 heteroatoms. The molecule has 0 unspecified atom stereocenters. The summed E-state index contributed by atoms with van der Waals surface area (Å²) in [5, 5.41) is 13.5. The fraction of sp³-hybridized carbons (Fsp3) is 0.714. The van der Waals surface area contributed by atoms with Crippen molar-refractivity contribution in [3.8, 4) is 0 Å². The standard InChI is InChI=1S/C12H18BrN3O3.C2H6/c1-12(2,3)19-11(18)15-4-5-16-9(6-15)10(13)8(7-17)14-16;1-2/h17H,4-7H2,1-3H3;1-2H3. The van der Waals surface area contributed by atoms with E-state index in [1.165, 1.54) is 0 Å². The number of carbonyl (C=O) groups excluding carboxylic acids is 1. The van der Waals surface area contributed by atoms with Gasteiger partial charge in [0.05, 0.1) is 29.9 Å². The highest BCUT2D eigenvalue weighted by molar-refractivity contribution is 9.10. The second kappa shape index (κ2) is 7.26. The smallest absolute Gasteiger partial charge is 0.410 e. The molecule has 1 aromatic rings. The number of ether oxygens (including phenoxy) is 1. The number of nitrogens with zero attached hydrogens (tertiary/aromatic N) is 3. The number of aromatic nitrogens is 2. The van der Waals surface area contributed by atoms with Crippen molar-refractivity contribution < 1.29 is 14.6 Å². The Morgan fingerprint density at radius 3 is 2.52 bits per heavy atom. The van der Waals surface area contributed by atoms with E-state index in [2.05, 4.69) is 21.0 Å². The fourth-order valence-electron chi connectivity index (χ4n) is 1.92. The molecular formula is C14H24BrN3O3. The quantitative estimate of drug-likeness (QED) is 0.834. The summed E-state index contributed by atoms with van der Waals surface area (Å²) in [6.07, 6.45) is -0.322. The molecule has 1 aliphatic heterocycles. The van der Waals surface area contributed by atoms with E-state index in [9.17, 15) is 9.90 Å². The molecule has 0 saturated heterocycles. The van der Waals surface area contributed by atoms with E-state index in [1.807, 2.05) is 39.3 Å². The molecule has 2 heterocycles. The van der Waals surface area contributed by atoms with Crippen LogP contribution >= 0.6 is 15.9 Å². The molecular weight excluding hydrogens is 338 g/mol. The van der Waals surface area contributed by atoms with E-state index in [4.69, 9.17) is 4.74 Å². The highest BCUT2D eigenvalue weighted by atomic mass is 79.9. The molecule has 0 fully saturated rings. The van der Waals surface area contributed by atoms with Crippen LogP contribution in [0.15, 0.2) is 4.47 Å². The van der Waals surface area contributed by atoms with Gasteiger partial charge in [-0.15, -0.1) is 0 Å². The van der Waals surface area contributed by atoms with Gasteiger partial charge in [0.25, 0.3) is 0 Å². The van der Waals surface area contributed by atoms with Gasteiger partial charge in [0.15, 0.2) is 0 Å². The zero-order valence-electron chi connectivity index (χ0n) is 13.3.